The molecule has 0 radical (unpaired) electrons. The van der Waals surface area contributed by atoms with Crippen LogP contribution in [0.1, 0.15) is 6.42 Å². The molecule has 0 spiro atoms. The molecule has 2 aliphatic rings. The molecular formula is C6H4N2O2. The molecule has 0 unspecified atom stereocenters. The summed E-state index contributed by atoms with van der Waals surface area (Å²) in [5.74, 6) is -0.359. The Morgan fingerprint density at radius 2 is 2.30 bits per heavy atom. The van der Waals surface area contributed by atoms with E-state index in [1.54, 1.807) is 0 Å². The van der Waals surface area contributed by atoms with Crippen molar-refractivity contribution in [1.82, 2.24) is 5.32 Å². The zero-order valence-corrected chi connectivity index (χ0v) is 5.05. The molecule has 2 rings (SSSR count). The van der Waals surface area contributed by atoms with Gasteiger partial charge in [0.15, 0.2) is 0 Å². The molecule has 1 N–H and O–H groups in total. The second kappa shape index (κ2) is 1.53. The van der Waals surface area contributed by atoms with Crippen LogP contribution in [-0.4, -0.2) is 17.5 Å². The monoisotopic (exact) mass is 136 g/mol. The summed E-state index contributed by atoms with van der Waals surface area (Å²) in [6.07, 6.45) is 1.58. The van der Waals surface area contributed by atoms with Gasteiger partial charge in [0, 0.05) is 6.08 Å². The third-order valence-electron chi connectivity index (χ3n) is 1.43. The maximum absolute atomic E-state index is 10.6. The van der Waals surface area contributed by atoms with Crippen LogP contribution in [-0.2, 0) is 9.59 Å². The fraction of sp³-hybridized carbons (Fsp3) is 0.167. The van der Waals surface area contributed by atoms with E-state index in [-0.39, 0.29) is 18.2 Å². The van der Waals surface area contributed by atoms with Crippen LogP contribution in [0.15, 0.2) is 16.8 Å². The molecule has 2 amide bonds. The van der Waals surface area contributed by atoms with E-state index < -0.39 is 0 Å². The van der Waals surface area contributed by atoms with Crippen LogP contribution in [0.5, 0.6) is 0 Å². The van der Waals surface area contributed by atoms with Crippen molar-refractivity contribution >= 4 is 17.5 Å². The lowest BCUT2D eigenvalue weighted by atomic mass is 10.3. The van der Waals surface area contributed by atoms with Crippen LogP contribution in [0.4, 0.5) is 0 Å². The summed E-state index contributed by atoms with van der Waals surface area (Å²) in [5.41, 5.74) is 1.16. The van der Waals surface area contributed by atoms with E-state index in [4.69, 9.17) is 0 Å². The van der Waals surface area contributed by atoms with Gasteiger partial charge in [0.05, 0.1) is 17.8 Å². The van der Waals surface area contributed by atoms with Crippen molar-refractivity contribution in [3.05, 3.63) is 11.8 Å². The molecule has 2 heterocycles. The Bertz CT molecular complexity index is 262. The highest BCUT2D eigenvalue weighted by Gasteiger charge is 2.27. The first-order valence-electron chi connectivity index (χ1n) is 2.89. The first kappa shape index (κ1) is 5.34. The van der Waals surface area contributed by atoms with Gasteiger partial charge in [-0.1, -0.05) is 0 Å². The van der Waals surface area contributed by atoms with Crippen LogP contribution in [0, 0.1) is 0 Å². The Hall–Kier alpha value is -1.45. The van der Waals surface area contributed by atoms with E-state index in [9.17, 15) is 9.59 Å². The van der Waals surface area contributed by atoms with Gasteiger partial charge < -0.3 is 5.32 Å². The predicted octanol–water partition coefficient (Wildman–Crippen LogP) is -0.629. The second-order valence-electron chi connectivity index (χ2n) is 2.18. The molecule has 0 aliphatic carbocycles. The van der Waals surface area contributed by atoms with Gasteiger partial charge in [-0.15, -0.1) is 0 Å². The molecule has 0 atom stereocenters. The second-order valence-corrected chi connectivity index (χ2v) is 2.18. The number of hydrogen-bond donors (Lipinski definition) is 1. The summed E-state index contributed by atoms with van der Waals surface area (Å²) in [6, 6.07) is 0. The highest BCUT2D eigenvalue weighted by atomic mass is 16.2. The number of aliphatic imine (C=N–C) groups is 1. The number of allylic oxidation sites excluding steroid dienone is 1. The van der Waals surface area contributed by atoms with Gasteiger partial charge in [0.2, 0.25) is 5.91 Å². The number of hydrogen-bond acceptors (Lipinski definition) is 2. The molecule has 1 saturated heterocycles. The topological polar surface area (TPSA) is 58.5 Å². The smallest absolute Gasteiger partial charge is 0.272 e. The quantitative estimate of drug-likeness (QED) is 0.482. The molecule has 0 aromatic heterocycles. The molecule has 1 fully saturated rings. The Morgan fingerprint density at radius 3 is 3.00 bits per heavy atom. The molecule has 50 valence electrons. The molecule has 0 aromatic rings. The van der Waals surface area contributed by atoms with Gasteiger partial charge in [-0.05, 0) is 0 Å². The van der Waals surface area contributed by atoms with Crippen LogP contribution in [0.2, 0.25) is 0 Å². The summed E-state index contributed by atoms with van der Waals surface area (Å²) >= 11 is 0. The molecular weight excluding hydrogens is 132 g/mol. The average molecular weight is 136 g/mol. The minimum atomic E-state index is -0.273. The van der Waals surface area contributed by atoms with Crippen LogP contribution in [0.25, 0.3) is 0 Å². The number of nitrogens with zero attached hydrogens (tertiary/aromatic N) is 1. The fourth-order valence-corrected chi connectivity index (χ4v) is 1.02. The Labute approximate surface area is 56.6 Å². The zero-order chi connectivity index (χ0) is 7.14. The minimum Gasteiger partial charge on any atom is -0.324 e. The summed E-state index contributed by atoms with van der Waals surface area (Å²) < 4.78 is 0. The van der Waals surface area contributed by atoms with Crippen molar-refractivity contribution in [2.45, 2.75) is 6.42 Å². The van der Waals surface area contributed by atoms with Gasteiger partial charge in [0.25, 0.3) is 5.91 Å². The Morgan fingerprint density at radius 1 is 1.50 bits per heavy atom. The lowest BCUT2D eigenvalue weighted by molar-refractivity contribution is -0.118. The lowest BCUT2D eigenvalue weighted by Crippen LogP contribution is -2.12. The van der Waals surface area contributed by atoms with Crippen molar-refractivity contribution in [1.29, 1.82) is 0 Å². The van der Waals surface area contributed by atoms with Crippen LogP contribution >= 0.6 is 0 Å². The first-order valence-corrected chi connectivity index (χ1v) is 2.89. The normalized spacial score (nSPS) is 22.0. The zero-order valence-electron chi connectivity index (χ0n) is 5.05. The molecule has 4 nitrogen and oxygen atoms in total. The minimum absolute atomic E-state index is 0.0856. The van der Waals surface area contributed by atoms with E-state index in [1.807, 2.05) is 0 Å². The van der Waals surface area contributed by atoms with Gasteiger partial charge in [0.1, 0.15) is 0 Å². The molecule has 0 bridgehead atoms. The Kier molecular flexibility index (Phi) is 0.818. The number of carbonyl (C=O) groups excluding carboxylic acids is 2. The highest BCUT2D eigenvalue weighted by Crippen LogP contribution is 2.13. The van der Waals surface area contributed by atoms with E-state index in [0.717, 1.165) is 0 Å². The van der Waals surface area contributed by atoms with E-state index >= 15 is 0 Å². The summed E-state index contributed by atoms with van der Waals surface area (Å²) in [4.78, 5) is 24.8. The number of rotatable bonds is 0. The summed E-state index contributed by atoms with van der Waals surface area (Å²) in [6.45, 7) is 0. The van der Waals surface area contributed by atoms with Crippen LogP contribution in [0.3, 0.4) is 0 Å². The maximum Gasteiger partial charge on any atom is 0.272 e. The number of carbonyl (C=O) groups is 2. The molecule has 0 saturated carbocycles. The highest BCUT2D eigenvalue weighted by molar-refractivity contribution is 6.26. The van der Waals surface area contributed by atoms with Gasteiger partial charge in [-0.2, -0.15) is 0 Å². The summed E-state index contributed by atoms with van der Waals surface area (Å²) in [5, 5.41) is 2.52. The summed E-state index contributed by atoms with van der Waals surface area (Å²) in [7, 11) is 0. The van der Waals surface area contributed by atoms with Crippen molar-refractivity contribution < 1.29 is 9.59 Å². The molecule has 0 aromatic carbocycles. The third kappa shape index (κ3) is 0.586. The fourth-order valence-electron chi connectivity index (χ4n) is 1.02. The van der Waals surface area contributed by atoms with Gasteiger partial charge in [-0.3, -0.25) is 9.59 Å². The van der Waals surface area contributed by atoms with Crippen LogP contribution < -0.4 is 5.32 Å². The van der Waals surface area contributed by atoms with Crippen molar-refractivity contribution in [2.24, 2.45) is 4.99 Å². The van der Waals surface area contributed by atoms with E-state index in [1.165, 1.54) is 6.08 Å². The number of amides is 2. The molecule has 2 aliphatic heterocycles. The first-order chi connectivity index (χ1) is 4.75. The van der Waals surface area contributed by atoms with E-state index in [2.05, 4.69) is 10.3 Å². The SMILES string of the molecule is O=C1C=C2NC(=O)CC2=N1. The van der Waals surface area contributed by atoms with E-state index in [0.29, 0.717) is 11.4 Å². The third-order valence-corrected chi connectivity index (χ3v) is 1.43. The maximum atomic E-state index is 10.6. The van der Waals surface area contributed by atoms with Gasteiger partial charge >= 0.3 is 0 Å². The molecule has 4 heteroatoms. The number of fused-ring (bicyclic) bond motifs is 1. The van der Waals surface area contributed by atoms with Crippen molar-refractivity contribution in [3.63, 3.8) is 0 Å². The molecule has 10 heavy (non-hydrogen) atoms. The predicted molar refractivity (Wildman–Crippen MR) is 33.3 cm³/mol. The lowest BCUT2D eigenvalue weighted by Gasteiger charge is -1.86. The Balaban J connectivity index is 2.43. The van der Waals surface area contributed by atoms with Crippen molar-refractivity contribution in [3.8, 4) is 0 Å². The standard InChI is InChI=1S/C6H4N2O2/c9-5-1-3-4(8-5)2-6(10)7-3/h1H,2H2,(H,7,10). The largest absolute Gasteiger partial charge is 0.324 e. The average Bonchev–Trinajstić information content (AvgIpc) is 2.21. The van der Waals surface area contributed by atoms with Gasteiger partial charge in [-0.25, -0.2) is 4.99 Å². The number of nitrogens with one attached hydrogen (secondary N) is 1. The van der Waals surface area contributed by atoms with Crippen molar-refractivity contribution in [2.75, 3.05) is 0 Å².